The van der Waals surface area contributed by atoms with Gasteiger partial charge in [0, 0.05) is 16.9 Å². The lowest BCUT2D eigenvalue weighted by atomic mass is 10.0. The molecule has 1 aromatic carbocycles. The molecule has 24 heavy (non-hydrogen) atoms. The number of amides is 1. The van der Waals surface area contributed by atoms with Gasteiger partial charge in [0.15, 0.2) is 11.7 Å². The second kappa shape index (κ2) is 8.44. The first kappa shape index (κ1) is 17.9. The molecule has 0 spiro atoms. The molecule has 2 aromatic rings. The topological polar surface area (TPSA) is 88.5 Å². The molecule has 0 fully saturated rings. The first-order chi connectivity index (χ1) is 11.5. The number of aliphatic carboxylic acids is 1. The smallest absolute Gasteiger partial charge is 0.341 e. The average Bonchev–Trinajstić information content (AvgIpc) is 3.03. The summed E-state index contributed by atoms with van der Waals surface area (Å²) in [6.45, 7) is 3.62. The van der Waals surface area contributed by atoms with E-state index in [9.17, 15) is 9.59 Å². The summed E-state index contributed by atoms with van der Waals surface area (Å²) in [6, 6.07) is 7.00. The van der Waals surface area contributed by atoms with Crippen LogP contribution < -0.4 is 10.1 Å². The third-order valence-electron chi connectivity index (χ3n) is 3.60. The summed E-state index contributed by atoms with van der Waals surface area (Å²) in [5.74, 6) is -0.531. The van der Waals surface area contributed by atoms with Crippen molar-refractivity contribution in [3.63, 3.8) is 0 Å². The number of carbonyl (C=O) groups is 2. The molecular formula is C17H20N2O4S. The first-order valence-corrected chi connectivity index (χ1v) is 8.62. The Bertz CT molecular complexity index is 693. The van der Waals surface area contributed by atoms with Crippen LogP contribution in [0.2, 0.25) is 0 Å². The van der Waals surface area contributed by atoms with Gasteiger partial charge in [-0.2, -0.15) is 0 Å². The van der Waals surface area contributed by atoms with Gasteiger partial charge < -0.3 is 15.2 Å². The zero-order valence-corrected chi connectivity index (χ0v) is 14.4. The Balaban J connectivity index is 2.02. The van der Waals surface area contributed by atoms with Crippen molar-refractivity contribution in [3.8, 4) is 17.0 Å². The minimum atomic E-state index is -1.02. The number of carboxylic acid groups (broad SMARTS) is 1. The van der Waals surface area contributed by atoms with E-state index in [-0.39, 0.29) is 18.4 Å². The summed E-state index contributed by atoms with van der Waals surface area (Å²) in [6.07, 6.45) is 1.61. The van der Waals surface area contributed by atoms with Crippen molar-refractivity contribution < 1.29 is 19.4 Å². The number of rotatable bonds is 8. The van der Waals surface area contributed by atoms with Gasteiger partial charge in [-0.15, -0.1) is 11.3 Å². The van der Waals surface area contributed by atoms with Crippen LogP contribution in [0.4, 0.5) is 5.13 Å². The molecule has 1 aromatic heterocycles. The molecule has 0 radical (unpaired) electrons. The van der Waals surface area contributed by atoms with Crippen LogP contribution in [0.1, 0.15) is 26.7 Å². The van der Waals surface area contributed by atoms with Crippen molar-refractivity contribution in [1.29, 1.82) is 0 Å². The second-order valence-corrected chi connectivity index (χ2v) is 6.11. The minimum Gasteiger partial charge on any atom is -0.482 e. The van der Waals surface area contributed by atoms with E-state index < -0.39 is 5.97 Å². The Labute approximate surface area is 144 Å². The highest BCUT2D eigenvalue weighted by molar-refractivity contribution is 7.14. The molecule has 6 nitrogen and oxygen atoms in total. The number of carbonyl (C=O) groups excluding carboxylic acids is 1. The molecule has 2 N–H and O–H groups in total. The van der Waals surface area contributed by atoms with Gasteiger partial charge in [-0.3, -0.25) is 4.79 Å². The maximum atomic E-state index is 12.1. The molecule has 1 amide bonds. The van der Waals surface area contributed by atoms with Crippen LogP contribution in [0, 0.1) is 5.92 Å². The fraction of sp³-hybridized carbons (Fsp3) is 0.353. The summed E-state index contributed by atoms with van der Waals surface area (Å²) < 4.78 is 5.09. The van der Waals surface area contributed by atoms with Crippen molar-refractivity contribution in [2.45, 2.75) is 26.7 Å². The number of carboxylic acids is 1. The molecule has 0 aliphatic rings. The third kappa shape index (κ3) is 4.79. The molecule has 2 rings (SSSR count). The van der Waals surface area contributed by atoms with E-state index in [1.54, 1.807) is 24.3 Å². The monoisotopic (exact) mass is 348 g/mol. The van der Waals surface area contributed by atoms with Crippen molar-refractivity contribution in [3.05, 3.63) is 29.6 Å². The van der Waals surface area contributed by atoms with Crippen molar-refractivity contribution in [2.24, 2.45) is 5.92 Å². The summed E-state index contributed by atoms with van der Waals surface area (Å²) in [5.41, 5.74) is 1.63. The number of nitrogens with zero attached hydrogens (tertiary/aromatic N) is 1. The molecule has 0 atom stereocenters. The Kier molecular flexibility index (Phi) is 6.31. The summed E-state index contributed by atoms with van der Waals surface area (Å²) in [4.78, 5) is 27.0. The number of hydrogen-bond acceptors (Lipinski definition) is 5. The Hall–Kier alpha value is -2.41. The number of ether oxygens (including phenoxy) is 1. The predicted octanol–water partition coefficient (Wildman–Crippen LogP) is 3.65. The van der Waals surface area contributed by atoms with E-state index >= 15 is 0 Å². The highest BCUT2D eigenvalue weighted by Gasteiger charge is 2.16. The Morgan fingerprint density at radius 3 is 2.50 bits per heavy atom. The number of nitrogens with one attached hydrogen (secondary N) is 1. The number of aromatic nitrogens is 1. The average molecular weight is 348 g/mol. The Morgan fingerprint density at radius 1 is 1.25 bits per heavy atom. The van der Waals surface area contributed by atoms with E-state index in [2.05, 4.69) is 10.3 Å². The van der Waals surface area contributed by atoms with Crippen LogP contribution >= 0.6 is 11.3 Å². The van der Waals surface area contributed by atoms with Gasteiger partial charge in [-0.05, 0) is 37.1 Å². The molecule has 0 aliphatic carbocycles. The van der Waals surface area contributed by atoms with Crippen LogP contribution in [-0.2, 0) is 9.59 Å². The van der Waals surface area contributed by atoms with E-state index in [4.69, 9.17) is 9.84 Å². The normalized spacial score (nSPS) is 10.6. The first-order valence-electron chi connectivity index (χ1n) is 7.74. The number of anilines is 1. The lowest BCUT2D eigenvalue weighted by Crippen LogP contribution is -2.21. The Morgan fingerprint density at radius 2 is 1.92 bits per heavy atom. The van der Waals surface area contributed by atoms with Gasteiger partial charge >= 0.3 is 5.97 Å². The van der Waals surface area contributed by atoms with Gasteiger partial charge in [0.2, 0.25) is 5.91 Å². The van der Waals surface area contributed by atoms with Crippen LogP contribution in [0.25, 0.3) is 11.3 Å². The highest BCUT2D eigenvalue weighted by atomic mass is 32.1. The fourth-order valence-electron chi connectivity index (χ4n) is 2.20. The molecule has 0 bridgehead atoms. The standard InChI is InChI=1S/C17H20N2O4S/c1-3-11(4-2)16(22)19-17-18-14(10-24-17)12-5-7-13(8-6-12)23-9-15(20)21/h5-8,10-11H,3-4,9H2,1-2H3,(H,20,21)(H,18,19,22). The highest BCUT2D eigenvalue weighted by Crippen LogP contribution is 2.27. The summed E-state index contributed by atoms with van der Waals surface area (Å²) in [7, 11) is 0. The zero-order chi connectivity index (χ0) is 17.5. The van der Waals surface area contributed by atoms with Gasteiger partial charge in [-0.1, -0.05) is 13.8 Å². The zero-order valence-electron chi connectivity index (χ0n) is 13.6. The number of thiazole rings is 1. The van der Waals surface area contributed by atoms with E-state index in [0.717, 1.165) is 24.1 Å². The molecule has 0 aliphatic heterocycles. The second-order valence-electron chi connectivity index (χ2n) is 5.25. The number of hydrogen-bond donors (Lipinski definition) is 2. The third-order valence-corrected chi connectivity index (χ3v) is 4.36. The van der Waals surface area contributed by atoms with Gasteiger partial charge in [0.05, 0.1) is 5.69 Å². The molecule has 0 saturated carbocycles. The van der Waals surface area contributed by atoms with E-state index in [1.165, 1.54) is 11.3 Å². The molecule has 0 unspecified atom stereocenters. The number of benzene rings is 1. The molecule has 0 saturated heterocycles. The quantitative estimate of drug-likeness (QED) is 0.760. The molecule has 128 valence electrons. The van der Waals surface area contributed by atoms with Crippen molar-refractivity contribution in [1.82, 2.24) is 4.98 Å². The van der Waals surface area contributed by atoms with Gasteiger partial charge in [-0.25, -0.2) is 9.78 Å². The van der Waals surface area contributed by atoms with Crippen LogP contribution in [-0.4, -0.2) is 28.6 Å². The minimum absolute atomic E-state index is 0.00156. The van der Waals surface area contributed by atoms with E-state index in [1.807, 2.05) is 19.2 Å². The van der Waals surface area contributed by atoms with Crippen LogP contribution in [0.15, 0.2) is 29.6 Å². The predicted molar refractivity (Wildman–Crippen MR) is 93.4 cm³/mol. The molecule has 1 heterocycles. The fourth-order valence-corrected chi connectivity index (χ4v) is 2.92. The lowest BCUT2D eigenvalue weighted by molar-refractivity contribution is -0.139. The SMILES string of the molecule is CCC(CC)C(=O)Nc1nc(-c2ccc(OCC(=O)O)cc2)cs1. The maximum Gasteiger partial charge on any atom is 0.341 e. The largest absolute Gasteiger partial charge is 0.482 e. The molecule has 7 heteroatoms. The summed E-state index contributed by atoms with van der Waals surface area (Å²) >= 11 is 1.38. The van der Waals surface area contributed by atoms with Gasteiger partial charge in [0.1, 0.15) is 5.75 Å². The van der Waals surface area contributed by atoms with Gasteiger partial charge in [0.25, 0.3) is 0 Å². The molecular weight excluding hydrogens is 328 g/mol. The van der Waals surface area contributed by atoms with Crippen LogP contribution in [0.3, 0.4) is 0 Å². The van der Waals surface area contributed by atoms with Crippen molar-refractivity contribution >= 4 is 28.3 Å². The van der Waals surface area contributed by atoms with Crippen molar-refractivity contribution in [2.75, 3.05) is 11.9 Å². The summed E-state index contributed by atoms with van der Waals surface area (Å²) in [5, 5.41) is 13.9. The van der Waals surface area contributed by atoms with E-state index in [0.29, 0.717) is 10.9 Å². The van der Waals surface area contributed by atoms with Crippen LogP contribution in [0.5, 0.6) is 5.75 Å². The lowest BCUT2D eigenvalue weighted by Gasteiger charge is -2.10. The maximum absolute atomic E-state index is 12.1.